The number of halogens is 1. The van der Waals surface area contributed by atoms with Crippen molar-refractivity contribution in [1.82, 2.24) is 9.80 Å². The lowest BCUT2D eigenvalue weighted by molar-refractivity contribution is 0.139. The van der Waals surface area contributed by atoms with Gasteiger partial charge in [-0.2, -0.15) is 0 Å². The van der Waals surface area contributed by atoms with Crippen LogP contribution in [0.2, 0.25) is 0 Å². The quantitative estimate of drug-likeness (QED) is 0.833. The molecule has 1 aliphatic heterocycles. The maximum atomic E-state index is 13.8. The van der Waals surface area contributed by atoms with Crippen molar-refractivity contribution in [2.45, 2.75) is 25.4 Å². The molecule has 1 fully saturated rings. The minimum Gasteiger partial charge on any atom is -0.396 e. The van der Waals surface area contributed by atoms with Crippen LogP contribution in [-0.4, -0.2) is 43.0 Å². The van der Waals surface area contributed by atoms with Crippen molar-refractivity contribution in [2.75, 3.05) is 32.9 Å². The number of hydrogen-bond acceptors (Lipinski definition) is 3. The largest absolute Gasteiger partial charge is 0.396 e. The topological polar surface area (TPSA) is 32.5 Å². The zero-order valence-electron chi connectivity index (χ0n) is 11.2. The molecular weight excluding hydrogens is 229 g/mol. The minimum atomic E-state index is -0.257. The van der Waals surface area contributed by atoms with E-state index in [2.05, 4.69) is 23.9 Å². The second-order valence-corrected chi connectivity index (χ2v) is 5.29. The predicted molar refractivity (Wildman–Crippen MR) is 72.8 cm³/mol. The number of piperidine rings is 1. The lowest BCUT2D eigenvalue weighted by Gasteiger charge is -2.35. The van der Waals surface area contributed by atoms with Crippen molar-refractivity contribution >= 4 is 5.69 Å². The SMILES string of the molecule is CN(C)C1CCN(Cc2cccc(N)c2F)CC1. The van der Waals surface area contributed by atoms with Gasteiger partial charge in [0.2, 0.25) is 0 Å². The van der Waals surface area contributed by atoms with Crippen molar-refractivity contribution in [2.24, 2.45) is 0 Å². The summed E-state index contributed by atoms with van der Waals surface area (Å²) < 4.78 is 13.8. The zero-order valence-corrected chi connectivity index (χ0v) is 11.2. The third-order valence-corrected chi connectivity index (χ3v) is 3.79. The van der Waals surface area contributed by atoms with Gasteiger partial charge in [0.05, 0.1) is 5.69 Å². The van der Waals surface area contributed by atoms with Crippen molar-refractivity contribution in [1.29, 1.82) is 0 Å². The van der Waals surface area contributed by atoms with E-state index in [-0.39, 0.29) is 11.5 Å². The Bertz CT molecular complexity index is 398. The highest BCUT2D eigenvalue weighted by molar-refractivity contribution is 5.42. The summed E-state index contributed by atoms with van der Waals surface area (Å²) >= 11 is 0. The molecule has 2 rings (SSSR count). The third kappa shape index (κ3) is 3.00. The van der Waals surface area contributed by atoms with Crippen LogP contribution in [0.5, 0.6) is 0 Å². The molecule has 0 atom stereocenters. The summed E-state index contributed by atoms with van der Waals surface area (Å²) in [5.41, 5.74) is 6.54. The molecule has 0 aliphatic carbocycles. The van der Waals surface area contributed by atoms with Crippen molar-refractivity contribution in [3.63, 3.8) is 0 Å². The second kappa shape index (κ2) is 5.67. The molecule has 1 saturated heterocycles. The van der Waals surface area contributed by atoms with Crippen molar-refractivity contribution < 1.29 is 4.39 Å². The van der Waals surface area contributed by atoms with Crippen LogP contribution in [0, 0.1) is 5.82 Å². The van der Waals surface area contributed by atoms with Gasteiger partial charge in [0.1, 0.15) is 0 Å². The highest BCUT2D eigenvalue weighted by Crippen LogP contribution is 2.20. The molecule has 0 spiro atoms. The predicted octanol–water partition coefficient (Wildman–Crippen LogP) is 1.93. The van der Waals surface area contributed by atoms with Crippen LogP contribution in [0.3, 0.4) is 0 Å². The first-order valence-electron chi connectivity index (χ1n) is 6.49. The van der Waals surface area contributed by atoms with E-state index in [9.17, 15) is 4.39 Å². The molecule has 0 bridgehead atoms. The van der Waals surface area contributed by atoms with Crippen LogP contribution in [0.1, 0.15) is 18.4 Å². The number of likely N-dealkylation sites (tertiary alicyclic amines) is 1. The summed E-state index contributed by atoms with van der Waals surface area (Å²) in [5.74, 6) is -0.257. The van der Waals surface area contributed by atoms with Crippen LogP contribution < -0.4 is 5.73 Å². The first-order chi connectivity index (χ1) is 8.58. The first-order valence-corrected chi connectivity index (χ1v) is 6.49. The van der Waals surface area contributed by atoms with Crippen molar-refractivity contribution in [3.8, 4) is 0 Å². The number of rotatable bonds is 3. The summed E-state index contributed by atoms with van der Waals surface area (Å²) in [6.07, 6.45) is 2.30. The lowest BCUT2D eigenvalue weighted by Crippen LogP contribution is -2.41. The fourth-order valence-electron chi connectivity index (χ4n) is 2.56. The molecule has 3 nitrogen and oxygen atoms in total. The molecule has 2 N–H and O–H groups in total. The van der Waals surface area contributed by atoms with Crippen LogP contribution in [-0.2, 0) is 6.54 Å². The van der Waals surface area contributed by atoms with Gasteiger partial charge >= 0.3 is 0 Å². The van der Waals surface area contributed by atoms with E-state index in [0.29, 0.717) is 18.2 Å². The maximum absolute atomic E-state index is 13.8. The highest BCUT2D eigenvalue weighted by Gasteiger charge is 2.21. The Morgan fingerprint density at radius 1 is 1.33 bits per heavy atom. The van der Waals surface area contributed by atoms with Gasteiger partial charge in [0, 0.05) is 18.2 Å². The van der Waals surface area contributed by atoms with Gasteiger partial charge in [-0.3, -0.25) is 4.90 Å². The Balaban J connectivity index is 1.94. The standard InChI is InChI=1S/C14H22FN3/c1-17(2)12-6-8-18(9-7-12)10-11-4-3-5-13(16)14(11)15/h3-5,12H,6-10,16H2,1-2H3. The summed E-state index contributed by atoms with van der Waals surface area (Å²) in [5, 5.41) is 0. The summed E-state index contributed by atoms with van der Waals surface area (Å²) in [7, 11) is 4.25. The molecule has 100 valence electrons. The van der Waals surface area contributed by atoms with E-state index in [4.69, 9.17) is 5.73 Å². The van der Waals surface area contributed by atoms with Gasteiger partial charge in [-0.05, 0) is 46.1 Å². The van der Waals surface area contributed by atoms with E-state index in [1.165, 1.54) is 0 Å². The maximum Gasteiger partial charge on any atom is 0.150 e. The number of anilines is 1. The molecule has 18 heavy (non-hydrogen) atoms. The molecule has 0 unspecified atom stereocenters. The molecule has 4 heteroatoms. The van der Waals surface area contributed by atoms with E-state index in [0.717, 1.165) is 25.9 Å². The van der Waals surface area contributed by atoms with Crippen LogP contribution in [0.4, 0.5) is 10.1 Å². The van der Waals surface area contributed by atoms with Crippen LogP contribution in [0.25, 0.3) is 0 Å². The smallest absolute Gasteiger partial charge is 0.150 e. The number of nitrogen functional groups attached to an aromatic ring is 1. The zero-order chi connectivity index (χ0) is 13.1. The number of hydrogen-bond donors (Lipinski definition) is 1. The molecule has 0 saturated carbocycles. The number of nitrogens with two attached hydrogens (primary N) is 1. The molecule has 0 aromatic heterocycles. The Morgan fingerprint density at radius 3 is 2.61 bits per heavy atom. The molecular formula is C14H22FN3. The van der Waals surface area contributed by atoms with Gasteiger partial charge in [0.25, 0.3) is 0 Å². The van der Waals surface area contributed by atoms with Crippen LogP contribution in [0.15, 0.2) is 18.2 Å². The Hall–Kier alpha value is -1.13. The Morgan fingerprint density at radius 2 is 2.00 bits per heavy atom. The van der Waals surface area contributed by atoms with E-state index >= 15 is 0 Å². The molecule has 1 heterocycles. The number of benzene rings is 1. The van der Waals surface area contributed by atoms with Gasteiger partial charge in [-0.15, -0.1) is 0 Å². The summed E-state index contributed by atoms with van der Waals surface area (Å²) in [6.45, 7) is 2.71. The Labute approximate surface area is 108 Å². The van der Waals surface area contributed by atoms with Gasteiger partial charge in [-0.25, -0.2) is 4.39 Å². The third-order valence-electron chi connectivity index (χ3n) is 3.79. The highest BCUT2D eigenvalue weighted by atomic mass is 19.1. The van der Waals surface area contributed by atoms with Gasteiger partial charge in [0.15, 0.2) is 5.82 Å². The summed E-state index contributed by atoms with van der Waals surface area (Å²) in [6, 6.07) is 5.91. The fraction of sp³-hybridized carbons (Fsp3) is 0.571. The van der Waals surface area contributed by atoms with Gasteiger partial charge in [-0.1, -0.05) is 12.1 Å². The molecule has 0 radical (unpaired) electrons. The fourth-order valence-corrected chi connectivity index (χ4v) is 2.56. The molecule has 1 aliphatic rings. The summed E-state index contributed by atoms with van der Waals surface area (Å²) in [4.78, 5) is 4.58. The van der Waals surface area contributed by atoms with Crippen molar-refractivity contribution in [3.05, 3.63) is 29.6 Å². The number of nitrogens with zero attached hydrogens (tertiary/aromatic N) is 2. The van der Waals surface area contributed by atoms with E-state index in [1.807, 2.05) is 12.1 Å². The minimum absolute atomic E-state index is 0.246. The van der Waals surface area contributed by atoms with Crippen LogP contribution >= 0.6 is 0 Å². The van der Waals surface area contributed by atoms with E-state index in [1.54, 1.807) is 6.07 Å². The lowest BCUT2D eigenvalue weighted by atomic mass is 10.0. The second-order valence-electron chi connectivity index (χ2n) is 5.29. The molecule has 0 amide bonds. The monoisotopic (exact) mass is 251 g/mol. The van der Waals surface area contributed by atoms with E-state index < -0.39 is 0 Å². The average Bonchev–Trinajstić information content (AvgIpc) is 2.36. The average molecular weight is 251 g/mol. The Kier molecular flexibility index (Phi) is 4.19. The van der Waals surface area contributed by atoms with Gasteiger partial charge < -0.3 is 10.6 Å². The molecule has 1 aromatic carbocycles. The first kappa shape index (κ1) is 13.3. The normalized spacial score (nSPS) is 18.4. The molecule has 1 aromatic rings.